The number of hydrogen-bond donors (Lipinski definition) is 1. The molecule has 0 radical (unpaired) electrons. The number of halogens is 1. The number of hydrogen-bond acceptors (Lipinski definition) is 3. The van der Waals surface area contributed by atoms with Gasteiger partial charge in [0, 0.05) is 30.1 Å². The molecule has 0 spiro atoms. The Morgan fingerprint density at radius 2 is 2.14 bits per heavy atom. The number of aryl methyl sites for hydroxylation is 2. The van der Waals surface area contributed by atoms with E-state index in [0.29, 0.717) is 16.5 Å². The molecule has 1 aromatic heterocycles. The molecule has 1 aromatic carbocycles. The number of carbonyl (C=O) groups is 1. The first-order valence-corrected chi connectivity index (χ1v) is 7.13. The van der Waals surface area contributed by atoms with E-state index in [9.17, 15) is 4.79 Å². The molecule has 1 N–H and O–H groups in total. The summed E-state index contributed by atoms with van der Waals surface area (Å²) >= 11 is 6.02. The zero-order chi connectivity index (χ0) is 16.3. The molecule has 22 heavy (non-hydrogen) atoms. The summed E-state index contributed by atoms with van der Waals surface area (Å²) in [5.41, 5.74) is 3.45. The molecule has 5 nitrogen and oxygen atoms in total. The summed E-state index contributed by atoms with van der Waals surface area (Å²) in [6.07, 6.45) is 3.24. The fraction of sp³-hybridized carbons (Fsp3) is 0.250. The Balaban J connectivity index is 2.10. The third-order valence-electron chi connectivity index (χ3n) is 3.39. The number of amides is 1. The van der Waals surface area contributed by atoms with Crippen LogP contribution in [0.25, 0.3) is 6.08 Å². The molecule has 2 aromatic rings. The zero-order valence-corrected chi connectivity index (χ0v) is 13.7. The Labute approximate surface area is 134 Å². The second-order valence-electron chi connectivity index (χ2n) is 4.88. The maximum Gasteiger partial charge on any atom is 0.248 e. The average Bonchev–Trinajstić information content (AvgIpc) is 2.70. The van der Waals surface area contributed by atoms with Gasteiger partial charge >= 0.3 is 0 Å². The van der Waals surface area contributed by atoms with E-state index in [0.717, 1.165) is 17.0 Å². The first-order valence-electron chi connectivity index (χ1n) is 6.75. The van der Waals surface area contributed by atoms with Gasteiger partial charge < -0.3 is 10.1 Å². The lowest BCUT2D eigenvalue weighted by Crippen LogP contribution is -2.07. The van der Waals surface area contributed by atoms with Crippen molar-refractivity contribution in [2.45, 2.75) is 13.8 Å². The number of carbonyl (C=O) groups excluding carboxylic acids is 1. The minimum atomic E-state index is -0.233. The summed E-state index contributed by atoms with van der Waals surface area (Å²) in [7, 11) is 3.42. The van der Waals surface area contributed by atoms with E-state index in [2.05, 4.69) is 10.4 Å². The molecule has 0 saturated carbocycles. The molecule has 0 aliphatic carbocycles. The molecule has 1 amide bonds. The van der Waals surface area contributed by atoms with Crippen molar-refractivity contribution in [3.8, 4) is 5.75 Å². The third kappa shape index (κ3) is 3.49. The highest BCUT2D eigenvalue weighted by Gasteiger charge is 2.07. The second kappa shape index (κ2) is 6.66. The van der Waals surface area contributed by atoms with Gasteiger partial charge in [0.05, 0.1) is 17.8 Å². The molecule has 0 atom stereocenters. The Hall–Kier alpha value is -2.27. The Kier molecular flexibility index (Phi) is 4.88. The summed E-state index contributed by atoms with van der Waals surface area (Å²) in [6.45, 7) is 3.87. The predicted octanol–water partition coefficient (Wildman–Crippen LogP) is 3.35. The van der Waals surface area contributed by atoms with Crippen LogP contribution in [0.4, 0.5) is 5.69 Å². The van der Waals surface area contributed by atoms with Gasteiger partial charge in [-0.3, -0.25) is 9.48 Å². The molecule has 116 valence electrons. The average molecular weight is 320 g/mol. The van der Waals surface area contributed by atoms with E-state index in [4.69, 9.17) is 16.3 Å². The Morgan fingerprint density at radius 3 is 2.68 bits per heavy atom. The lowest BCUT2D eigenvalue weighted by atomic mass is 10.2. The quantitative estimate of drug-likeness (QED) is 0.879. The first-order chi connectivity index (χ1) is 10.4. The fourth-order valence-corrected chi connectivity index (χ4v) is 2.38. The van der Waals surface area contributed by atoms with Crippen LogP contribution >= 0.6 is 11.6 Å². The lowest BCUT2D eigenvalue weighted by Gasteiger charge is -2.06. The van der Waals surface area contributed by atoms with Gasteiger partial charge in [-0.15, -0.1) is 0 Å². The highest BCUT2D eigenvalue weighted by atomic mass is 35.5. The Bertz CT molecular complexity index is 735. The summed E-state index contributed by atoms with van der Waals surface area (Å²) in [5.74, 6) is 0.334. The van der Waals surface area contributed by atoms with Crippen LogP contribution in [0.15, 0.2) is 24.3 Å². The molecule has 1 heterocycles. The van der Waals surface area contributed by atoms with Crippen molar-refractivity contribution in [1.29, 1.82) is 0 Å². The SMILES string of the molecule is COc1ccc(NC(=O)/C=C/c2c(C)nn(C)c2C)cc1Cl. The smallest absolute Gasteiger partial charge is 0.248 e. The van der Waals surface area contributed by atoms with E-state index in [1.807, 2.05) is 20.9 Å². The molecule has 2 rings (SSSR count). The van der Waals surface area contributed by atoms with Gasteiger partial charge in [-0.2, -0.15) is 5.10 Å². The monoisotopic (exact) mass is 319 g/mol. The van der Waals surface area contributed by atoms with Crippen molar-refractivity contribution in [2.75, 3.05) is 12.4 Å². The molecule has 0 fully saturated rings. The maximum atomic E-state index is 12.0. The molecule has 0 unspecified atom stereocenters. The number of methoxy groups -OCH3 is 1. The number of anilines is 1. The fourth-order valence-electron chi connectivity index (χ4n) is 2.12. The second-order valence-corrected chi connectivity index (χ2v) is 5.29. The van der Waals surface area contributed by atoms with Gasteiger partial charge in [0.1, 0.15) is 5.75 Å². The van der Waals surface area contributed by atoms with E-state index in [1.165, 1.54) is 6.08 Å². The summed E-state index contributed by atoms with van der Waals surface area (Å²) in [4.78, 5) is 12.0. The summed E-state index contributed by atoms with van der Waals surface area (Å²) < 4.78 is 6.86. The molecule has 0 aliphatic heterocycles. The summed E-state index contributed by atoms with van der Waals surface area (Å²) in [5, 5.41) is 7.51. The zero-order valence-electron chi connectivity index (χ0n) is 13.0. The van der Waals surface area contributed by atoms with Crippen molar-refractivity contribution in [3.63, 3.8) is 0 Å². The highest BCUT2D eigenvalue weighted by molar-refractivity contribution is 6.32. The van der Waals surface area contributed by atoms with E-state index < -0.39 is 0 Å². The highest BCUT2D eigenvalue weighted by Crippen LogP contribution is 2.27. The number of ether oxygens (including phenoxy) is 1. The van der Waals surface area contributed by atoms with Crippen molar-refractivity contribution >= 4 is 29.3 Å². The predicted molar refractivity (Wildman–Crippen MR) is 88.3 cm³/mol. The number of nitrogens with one attached hydrogen (secondary N) is 1. The van der Waals surface area contributed by atoms with E-state index >= 15 is 0 Å². The van der Waals surface area contributed by atoms with Crippen LogP contribution in [0.3, 0.4) is 0 Å². The van der Waals surface area contributed by atoms with Crippen molar-refractivity contribution in [3.05, 3.63) is 46.2 Å². The molecular formula is C16H18ClN3O2. The van der Waals surface area contributed by atoms with Crippen LogP contribution in [0.2, 0.25) is 5.02 Å². The van der Waals surface area contributed by atoms with Gasteiger partial charge in [-0.25, -0.2) is 0 Å². The molecular weight excluding hydrogens is 302 g/mol. The normalized spacial score (nSPS) is 11.0. The number of nitrogens with zero attached hydrogens (tertiary/aromatic N) is 2. The van der Waals surface area contributed by atoms with Crippen molar-refractivity contribution < 1.29 is 9.53 Å². The number of rotatable bonds is 4. The third-order valence-corrected chi connectivity index (χ3v) is 3.68. The van der Waals surface area contributed by atoms with Gasteiger partial charge in [0.2, 0.25) is 5.91 Å². The standard InChI is InChI=1S/C16H18ClN3O2/c1-10-13(11(2)20(3)19-10)6-8-16(21)18-12-5-7-15(22-4)14(17)9-12/h5-9H,1-4H3,(H,18,21)/b8-6+. The van der Waals surface area contributed by atoms with Gasteiger partial charge in [-0.1, -0.05) is 11.6 Å². The molecule has 6 heteroatoms. The van der Waals surface area contributed by atoms with Crippen molar-refractivity contribution in [1.82, 2.24) is 9.78 Å². The number of benzene rings is 1. The Morgan fingerprint density at radius 1 is 1.41 bits per heavy atom. The molecule has 0 saturated heterocycles. The largest absolute Gasteiger partial charge is 0.495 e. The van der Waals surface area contributed by atoms with Crippen LogP contribution < -0.4 is 10.1 Å². The number of aromatic nitrogens is 2. The first kappa shape index (κ1) is 16.1. The van der Waals surface area contributed by atoms with Crippen LogP contribution in [0.5, 0.6) is 5.75 Å². The maximum absolute atomic E-state index is 12.0. The molecule has 0 aliphatic rings. The van der Waals surface area contributed by atoms with Gasteiger partial charge in [0.15, 0.2) is 0 Å². The minimum absolute atomic E-state index is 0.233. The topological polar surface area (TPSA) is 56.1 Å². The summed E-state index contributed by atoms with van der Waals surface area (Å²) in [6, 6.07) is 5.08. The van der Waals surface area contributed by atoms with E-state index in [-0.39, 0.29) is 5.91 Å². The van der Waals surface area contributed by atoms with Gasteiger partial charge in [0.25, 0.3) is 0 Å². The van der Waals surface area contributed by atoms with Crippen LogP contribution in [-0.4, -0.2) is 22.8 Å². The van der Waals surface area contributed by atoms with Gasteiger partial charge in [-0.05, 0) is 38.1 Å². The minimum Gasteiger partial charge on any atom is -0.495 e. The molecule has 0 bridgehead atoms. The van der Waals surface area contributed by atoms with Crippen LogP contribution in [-0.2, 0) is 11.8 Å². The van der Waals surface area contributed by atoms with Crippen LogP contribution in [0, 0.1) is 13.8 Å². The van der Waals surface area contributed by atoms with Crippen LogP contribution in [0.1, 0.15) is 17.0 Å². The lowest BCUT2D eigenvalue weighted by molar-refractivity contribution is -0.111. The van der Waals surface area contributed by atoms with E-state index in [1.54, 1.807) is 36.1 Å². The van der Waals surface area contributed by atoms with Crippen molar-refractivity contribution in [2.24, 2.45) is 7.05 Å².